The van der Waals surface area contributed by atoms with Crippen LogP contribution >= 0.6 is 0 Å². The lowest BCUT2D eigenvalue weighted by Gasteiger charge is -2.36. The number of aryl methyl sites for hydroxylation is 1. The maximum atomic E-state index is 12.7. The highest BCUT2D eigenvalue weighted by molar-refractivity contribution is 5.78. The van der Waals surface area contributed by atoms with Crippen LogP contribution in [0.3, 0.4) is 0 Å². The normalized spacial score (nSPS) is 13.2. The number of urea groups is 1. The first-order chi connectivity index (χ1) is 17.6. The number of ether oxygens (including phenoxy) is 1. The summed E-state index contributed by atoms with van der Waals surface area (Å²) in [6.07, 6.45) is 6.66. The lowest BCUT2D eigenvalue weighted by molar-refractivity contribution is -0.888. The minimum absolute atomic E-state index is 0.235. The molecule has 2 amide bonds. The number of rotatable bonds is 15. The number of benzene rings is 2. The molecule has 0 bridgehead atoms. The molecule has 2 N–H and O–H groups in total. The number of unbranched alkanes of at least 4 members (excludes halogenated alkanes) is 4. The highest BCUT2D eigenvalue weighted by Crippen LogP contribution is 2.20. The number of nitrogens with one attached hydrogen (secondary N) is 2. The number of carbonyl (C=O) groups is 2. The third kappa shape index (κ3) is 11.4. The van der Waals surface area contributed by atoms with Crippen LogP contribution in [0.15, 0.2) is 54.6 Å². The molecule has 0 aliphatic heterocycles. The van der Waals surface area contributed by atoms with Gasteiger partial charge in [0.25, 0.3) is 0 Å². The first-order valence-electron chi connectivity index (χ1n) is 13.7. The zero-order valence-electron chi connectivity index (χ0n) is 23.8. The first kappa shape index (κ1) is 30.4. The van der Waals surface area contributed by atoms with E-state index in [1.165, 1.54) is 29.5 Å². The molecule has 6 nitrogen and oxygen atoms in total. The second-order valence-corrected chi connectivity index (χ2v) is 11.4. The standard InChI is InChI=1S/C31H47N3O3/c1-24(2)23-37-30(35)29(34(4,5)6)25(3)33-31(36)32-22-14-9-7-8-11-15-26-18-20-28(21-19-26)27-16-12-10-13-17-27/h10,12-13,16-21,24-25,29H,7-9,11,14-15,22-23H2,1-6H3,(H-,32,33,36)/p+1/t25?,29-/m1/s1. The van der Waals surface area contributed by atoms with Crippen LogP contribution in [0, 0.1) is 5.92 Å². The molecule has 1 unspecified atom stereocenters. The van der Waals surface area contributed by atoms with Crippen molar-refractivity contribution in [1.29, 1.82) is 0 Å². The van der Waals surface area contributed by atoms with Gasteiger partial charge in [0, 0.05) is 6.54 Å². The van der Waals surface area contributed by atoms with Gasteiger partial charge in [-0.3, -0.25) is 0 Å². The van der Waals surface area contributed by atoms with Crippen LogP contribution in [-0.4, -0.2) is 62.9 Å². The molecule has 0 aromatic heterocycles. The average molecular weight is 511 g/mol. The topological polar surface area (TPSA) is 67.4 Å². The van der Waals surface area contributed by atoms with E-state index < -0.39 is 6.04 Å². The van der Waals surface area contributed by atoms with E-state index in [-0.39, 0.29) is 24.0 Å². The minimum atomic E-state index is -0.473. The molecule has 0 spiro atoms. The number of esters is 1. The Bertz CT molecular complexity index is 936. The summed E-state index contributed by atoms with van der Waals surface area (Å²) < 4.78 is 5.85. The van der Waals surface area contributed by atoms with Gasteiger partial charge in [0.2, 0.25) is 6.04 Å². The number of carbonyl (C=O) groups excluding carboxylic acids is 2. The van der Waals surface area contributed by atoms with E-state index >= 15 is 0 Å². The summed E-state index contributed by atoms with van der Waals surface area (Å²) in [6, 6.07) is 18.3. The number of amides is 2. The number of hydrogen-bond acceptors (Lipinski definition) is 3. The van der Waals surface area contributed by atoms with Gasteiger partial charge in [0.15, 0.2) is 0 Å². The summed E-state index contributed by atoms with van der Waals surface area (Å²) in [6.45, 7) is 6.89. The van der Waals surface area contributed by atoms with E-state index in [2.05, 4.69) is 59.2 Å². The molecule has 0 saturated heterocycles. The monoisotopic (exact) mass is 510 g/mol. The summed E-state index contributed by atoms with van der Waals surface area (Å²) in [7, 11) is 5.82. The van der Waals surface area contributed by atoms with Crippen molar-refractivity contribution in [1.82, 2.24) is 10.6 Å². The fraction of sp³-hybridized carbons (Fsp3) is 0.548. The second-order valence-electron chi connectivity index (χ2n) is 11.4. The van der Waals surface area contributed by atoms with Crippen molar-refractivity contribution in [2.45, 2.75) is 71.4 Å². The fourth-order valence-electron chi connectivity index (χ4n) is 4.54. The van der Waals surface area contributed by atoms with Crippen LogP contribution in [0.4, 0.5) is 4.79 Å². The predicted octanol–water partition coefficient (Wildman–Crippen LogP) is 5.81. The zero-order chi connectivity index (χ0) is 27.3. The average Bonchev–Trinajstić information content (AvgIpc) is 2.84. The Kier molecular flexibility index (Phi) is 12.6. The molecule has 0 heterocycles. The largest absolute Gasteiger partial charge is 0.461 e. The van der Waals surface area contributed by atoms with Crippen molar-refractivity contribution in [2.75, 3.05) is 34.3 Å². The molecular formula is C31H48N3O3+. The zero-order valence-corrected chi connectivity index (χ0v) is 23.8. The Morgan fingerprint density at radius 2 is 1.41 bits per heavy atom. The summed E-state index contributed by atoms with van der Waals surface area (Å²) in [5, 5.41) is 5.87. The highest BCUT2D eigenvalue weighted by Gasteiger charge is 2.39. The van der Waals surface area contributed by atoms with Crippen LogP contribution in [0.1, 0.15) is 58.4 Å². The van der Waals surface area contributed by atoms with Gasteiger partial charge in [0.1, 0.15) is 0 Å². The van der Waals surface area contributed by atoms with Gasteiger partial charge >= 0.3 is 12.0 Å². The Morgan fingerprint density at radius 1 is 0.811 bits per heavy atom. The van der Waals surface area contributed by atoms with Gasteiger partial charge in [-0.1, -0.05) is 87.7 Å². The Balaban J connectivity index is 1.60. The van der Waals surface area contributed by atoms with Crippen LogP contribution in [0.2, 0.25) is 0 Å². The van der Waals surface area contributed by atoms with Crippen molar-refractivity contribution in [2.24, 2.45) is 5.92 Å². The predicted molar refractivity (Wildman–Crippen MR) is 152 cm³/mol. The van der Waals surface area contributed by atoms with E-state index in [1.54, 1.807) is 0 Å². The molecule has 2 aromatic carbocycles. The molecule has 0 radical (unpaired) electrons. The minimum Gasteiger partial charge on any atom is -0.461 e. The summed E-state index contributed by atoms with van der Waals surface area (Å²) in [4.78, 5) is 25.1. The smallest absolute Gasteiger partial charge is 0.367 e. The quantitative estimate of drug-likeness (QED) is 0.181. The van der Waals surface area contributed by atoms with Gasteiger partial charge in [-0.15, -0.1) is 0 Å². The molecule has 6 heteroatoms. The SMILES string of the molecule is CC(C)COC(=O)[C@@H](C(C)NC(=O)NCCCCCCCc1ccc(-c2ccccc2)cc1)[N+](C)(C)C. The molecule has 0 aliphatic rings. The Morgan fingerprint density at radius 3 is 2.03 bits per heavy atom. The fourth-order valence-corrected chi connectivity index (χ4v) is 4.54. The summed E-state index contributed by atoms with van der Waals surface area (Å²) in [5.74, 6) is -0.00348. The number of quaternary nitrogens is 1. The lowest BCUT2D eigenvalue weighted by atomic mass is 10.0. The number of hydrogen-bond donors (Lipinski definition) is 2. The Hall–Kier alpha value is -2.86. The van der Waals surface area contributed by atoms with Crippen molar-refractivity contribution < 1.29 is 18.8 Å². The molecule has 37 heavy (non-hydrogen) atoms. The van der Waals surface area contributed by atoms with Crippen molar-refractivity contribution in [3.05, 3.63) is 60.2 Å². The van der Waals surface area contributed by atoms with Gasteiger partial charge in [-0.25, -0.2) is 9.59 Å². The second kappa shape index (κ2) is 15.4. The molecule has 2 aromatic rings. The van der Waals surface area contributed by atoms with E-state index in [4.69, 9.17) is 4.74 Å². The van der Waals surface area contributed by atoms with Gasteiger partial charge in [-0.2, -0.15) is 0 Å². The molecule has 2 atom stereocenters. The lowest BCUT2D eigenvalue weighted by Crippen LogP contribution is -2.61. The van der Waals surface area contributed by atoms with Crippen LogP contribution in [0.5, 0.6) is 0 Å². The molecule has 0 fully saturated rings. The van der Waals surface area contributed by atoms with Crippen molar-refractivity contribution >= 4 is 12.0 Å². The van der Waals surface area contributed by atoms with Gasteiger partial charge < -0.3 is 19.9 Å². The van der Waals surface area contributed by atoms with Gasteiger partial charge in [0.05, 0.1) is 33.8 Å². The summed E-state index contributed by atoms with van der Waals surface area (Å²) >= 11 is 0. The van der Waals surface area contributed by atoms with E-state index in [9.17, 15) is 9.59 Å². The number of nitrogens with zero attached hydrogens (tertiary/aromatic N) is 1. The Labute approximate surface area is 224 Å². The maximum Gasteiger partial charge on any atom is 0.367 e. The third-order valence-corrected chi connectivity index (χ3v) is 6.46. The van der Waals surface area contributed by atoms with Crippen LogP contribution in [-0.2, 0) is 16.0 Å². The third-order valence-electron chi connectivity index (χ3n) is 6.46. The molecule has 0 saturated carbocycles. The van der Waals surface area contributed by atoms with Crippen molar-refractivity contribution in [3.63, 3.8) is 0 Å². The van der Waals surface area contributed by atoms with Gasteiger partial charge in [-0.05, 0) is 48.8 Å². The van der Waals surface area contributed by atoms with Crippen molar-refractivity contribution in [3.8, 4) is 11.1 Å². The van der Waals surface area contributed by atoms with E-state index in [0.29, 0.717) is 17.6 Å². The molecule has 2 rings (SSSR count). The summed E-state index contributed by atoms with van der Waals surface area (Å²) in [5.41, 5.74) is 3.89. The molecular weight excluding hydrogens is 462 g/mol. The van der Waals surface area contributed by atoms with E-state index in [1.807, 2.05) is 48.0 Å². The molecule has 204 valence electrons. The highest BCUT2D eigenvalue weighted by atomic mass is 16.5. The molecule has 0 aliphatic carbocycles. The van der Waals surface area contributed by atoms with Crippen LogP contribution < -0.4 is 10.6 Å². The van der Waals surface area contributed by atoms with Crippen LogP contribution in [0.25, 0.3) is 11.1 Å². The first-order valence-corrected chi connectivity index (χ1v) is 13.7. The number of likely N-dealkylation sites (N-methyl/N-ethyl adjacent to an activating group) is 1. The maximum absolute atomic E-state index is 12.7. The van der Waals surface area contributed by atoms with E-state index in [0.717, 1.165) is 25.7 Å².